The van der Waals surface area contributed by atoms with E-state index in [-0.39, 0.29) is 29.9 Å². The van der Waals surface area contributed by atoms with Gasteiger partial charge >= 0.3 is 0 Å². The molecule has 0 spiro atoms. The molecular formula is C23H32IN5O2. The molecule has 1 saturated heterocycles. The molecule has 3 N–H and O–H groups in total. The summed E-state index contributed by atoms with van der Waals surface area (Å²) in [6.07, 6.45) is 1.06. The van der Waals surface area contributed by atoms with Crippen LogP contribution in [0.1, 0.15) is 22.3 Å². The molecule has 1 fully saturated rings. The molecule has 0 bridgehead atoms. The standard InChI is InChI=1S/C23H31N5O2.HI/c1-17-4-8-20(9-5-17)28-15-12-19(16-28)27-23(24-2)26-14-13-25-22(29)18-6-10-21(30-3)11-7-18;/h4-11,19H,12-16H2,1-3H3,(H,25,29)(H2,24,26,27);1H. The summed E-state index contributed by atoms with van der Waals surface area (Å²) in [5.74, 6) is 1.38. The Morgan fingerprint density at radius 2 is 1.77 bits per heavy atom. The monoisotopic (exact) mass is 537 g/mol. The predicted molar refractivity (Wildman–Crippen MR) is 137 cm³/mol. The Bertz CT molecular complexity index is 855. The Morgan fingerprint density at radius 1 is 1.10 bits per heavy atom. The minimum absolute atomic E-state index is 0. The lowest BCUT2D eigenvalue weighted by Gasteiger charge is -2.20. The van der Waals surface area contributed by atoms with E-state index in [2.05, 4.69) is 57.0 Å². The number of hydrogen-bond acceptors (Lipinski definition) is 4. The average molecular weight is 537 g/mol. The molecule has 1 amide bonds. The molecule has 1 aliphatic heterocycles. The summed E-state index contributed by atoms with van der Waals surface area (Å²) < 4.78 is 5.11. The summed E-state index contributed by atoms with van der Waals surface area (Å²) in [5, 5.41) is 9.66. The van der Waals surface area contributed by atoms with Gasteiger partial charge in [-0.25, -0.2) is 0 Å². The number of aliphatic imine (C=N–C) groups is 1. The zero-order valence-corrected chi connectivity index (χ0v) is 20.7. The van der Waals surface area contributed by atoms with Gasteiger partial charge in [-0.3, -0.25) is 9.79 Å². The largest absolute Gasteiger partial charge is 0.497 e. The van der Waals surface area contributed by atoms with Crippen molar-refractivity contribution < 1.29 is 9.53 Å². The highest BCUT2D eigenvalue weighted by Gasteiger charge is 2.23. The van der Waals surface area contributed by atoms with Crippen molar-refractivity contribution in [1.29, 1.82) is 0 Å². The number of benzene rings is 2. The fourth-order valence-electron chi connectivity index (χ4n) is 3.46. The first-order chi connectivity index (χ1) is 14.6. The van der Waals surface area contributed by atoms with Crippen molar-refractivity contribution in [3.63, 3.8) is 0 Å². The minimum Gasteiger partial charge on any atom is -0.497 e. The van der Waals surface area contributed by atoms with Crippen molar-refractivity contribution in [1.82, 2.24) is 16.0 Å². The third-order valence-electron chi connectivity index (χ3n) is 5.21. The number of anilines is 1. The number of amides is 1. The SMILES string of the molecule is CN=C(NCCNC(=O)c1ccc(OC)cc1)NC1CCN(c2ccc(C)cc2)C1.I. The van der Waals surface area contributed by atoms with Crippen molar-refractivity contribution in [2.45, 2.75) is 19.4 Å². The number of nitrogens with zero attached hydrogens (tertiary/aromatic N) is 2. The smallest absolute Gasteiger partial charge is 0.251 e. The van der Waals surface area contributed by atoms with E-state index in [1.54, 1.807) is 38.4 Å². The first kappa shape index (κ1) is 24.8. The first-order valence-electron chi connectivity index (χ1n) is 10.3. The molecule has 3 rings (SSSR count). The average Bonchev–Trinajstić information content (AvgIpc) is 3.24. The second kappa shape index (κ2) is 12.4. The molecule has 0 aromatic heterocycles. The third-order valence-corrected chi connectivity index (χ3v) is 5.21. The van der Waals surface area contributed by atoms with Crippen molar-refractivity contribution in [2.75, 3.05) is 45.2 Å². The van der Waals surface area contributed by atoms with Crippen LogP contribution in [0.4, 0.5) is 5.69 Å². The van der Waals surface area contributed by atoms with Gasteiger partial charge in [0.05, 0.1) is 7.11 Å². The number of methoxy groups -OCH3 is 1. The van der Waals surface area contributed by atoms with Crippen molar-refractivity contribution in [3.05, 3.63) is 59.7 Å². The quantitative estimate of drug-likeness (QED) is 0.219. The summed E-state index contributed by atoms with van der Waals surface area (Å²) in [6.45, 7) is 5.17. The fraction of sp³-hybridized carbons (Fsp3) is 0.391. The van der Waals surface area contributed by atoms with Gasteiger partial charge in [0, 0.05) is 50.5 Å². The van der Waals surface area contributed by atoms with Crippen LogP contribution in [0.5, 0.6) is 5.75 Å². The molecule has 1 heterocycles. The molecule has 31 heavy (non-hydrogen) atoms. The molecule has 1 atom stereocenters. The van der Waals surface area contributed by atoms with Gasteiger partial charge in [-0.1, -0.05) is 17.7 Å². The van der Waals surface area contributed by atoms with E-state index in [9.17, 15) is 4.79 Å². The van der Waals surface area contributed by atoms with E-state index in [4.69, 9.17) is 4.74 Å². The number of ether oxygens (including phenoxy) is 1. The molecule has 8 heteroatoms. The molecule has 0 radical (unpaired) electrons. The summed E-state index contributed by atoms with van der Waals surface area (Å²) in [4.78, 5) is 18.9. The van der Waals surface area contributed by atoms with Crippen LogP contribution in [0, 0.1) is 6.92 Å². The van der Waals surface area contributed by atoms with Gasteiger partial charge in [-0.2, -0.15) is 0 Å². The van der Waals surface area contributed by atoms with Gasteiger partial charge in [0.15, 0.2) is 5.96 Å². The number of halogens is 1. The predicted octanol–water partition coefficient (Wildman–Crippen LogP) is 2.80. The normalized spacial score (nSPS) is 15.8. The summed E-state index contributed by atoms with van der Waals surface area (Å²) in [5.41, 5.74) is 3.14. The Morgan fingerprint density at radius 3 is 2.42 bits per heavy atom. The number of rotatable bonds is 7. The van der Waals surface area contributed by atoms with E-state index in [0.717, 1.165) is 31.2 Å². The van der Waals surface area contributed by atoms with Crippen LogP contribution in [-0.4, -0.2) is 58.2 Å². The molecule has 0 saturated carbocycles. The van der Waals surface area contributed by atoms with Crippen LogP contribution in [0.15, 0.2) is 53.5 Å². The fourth-order valence-corrected chi connectivity index (χ4v) is 3.46. The van der Waals surface area contributed by atoms with Gasteiger partial charge in [0.1, 0.15) is 5.75 Å². The lowest BCUT2D eigenvalue weighted by Crippen LogP contribution is -2.46. The Balaban J connectivity index is 0.00000341. The molecule has 2 aromatic rings. The maximum atomic E-state index is 12.2. The lowest BCUT2D eigenvalue weighted by atomic mass is 10.2. The van der Waals surface area contributed by atoms with Crippen molar-refractivity contribution in [2.24, 2.45) is 4.99 Å². The highest BCUT2D eigenvalue weighted by Crippen LogP contribution is 2.20. The van der Waals surface area contributed by atoms with Gasteiger partial charge in [-0.15, -0.1) is 24.0 Å². The third kappa shape index (κ3) is 7.30. The number of hydrogen-bond donors (Lipinski definition) is 3. The number of aryl methyl sites for hydroxylation is 1. The van der Waals surface area contributed by atoms with E-state index in [1.807, 2.05) is 0 Å². The number of nitrogens with one attached hydrogen (secondary N) is 3. The van der Waals surface area contributed by atoms with E-state index >= 15 is 0 Å². The van der Waals surface area contributed by atoms with Gasteiger partial charge < -0.3 is 25.6 Å². The second-order valence-electron chi connectivity index (χ2n) is 7.39. The van der Waals surface area contributed by atoms with Crippen LogP contribution in [0.25, 0.3) is 0 Å². The van der Waals surface area contributed by atoms with Gasteiger partial charge in [0.25, 0.3) is 5.91 Å². The molecule has 7 nitrogen and oxygen atoms in total. The molecule has 2 aromatic carbocycles. The molecular weight excluding hydrogens is 505 g/mol. The number of guanidine groups is 1. The summed E-state index contributed by atoms with van der Waals surface area (Å²) in [7, 11) is 3.37. The summed E-state index contributed by atoms with van der Waals surface area (Å²) in [6, 6.07) is 16.1. The maximum Gasteiger partial charge on any atom is 0.251 e. The zero-order chi connectivity index (χ0) is 21.3. The Labute approximate surface area is 201 Å². The zero-order valence-electron chi connectivity index (χ0n) is 18.4. The van der Waals surface area contributed by atoms with Gasteiger partial charge in [0.2, 0.25) is 0 Å². The second-order valence-corrected chi connectivity index (χ2v) is 7.39. The topological polar surface area (TPSA) is 78.0 Å². The van der Waals surface area contributed by atoms with Crippen LogP contribution in [0.2, 0.25) is 0 Å². The molecule has 168 valence electrons. The first-order valence-corrected chi connectivity index (χ1v) is 10.3. The van der Waals surface area contributed by atoms with Crippen LogP contribution >= 0.6 is 24.0 Å². The maximum absolute atomic E-state index is 12.2. The van der Waals surface area contributed by atoms with E-state index < -0.39 is 0 Å². The highest BCUT2D eigenvalue weighted by atomic mass is 127. The van der Waals surface area contributed by atoms with Crippen LogP contribution in [0.3, 0.4) is 0 Å². The number of carbonyl (C=O) groups is 1. The number of carbonyl (C=O) groups excluding carboxylic acids is 1. The lowest BCUT2D eigenvalue weighted by molar-refractivity contribution is 0.0954. The van der Waals surface area contributed by atoms with E-state index in [0.29, 0.717) is 24.7 Å². The van der Waals surface area contributed by atoms with E-state index in [1.165, 1.54) is 11.3 Å². The van der Waals surface area contributed by atoms with Crippen molar-refractivity contribution in [3.8, 4) is 5.75 Å². The minimum atomic E-state index is -0.105. The summed E-state index contributed by atoms with van der Waals surface area (Å²) >= 11 is 0. The van der Waals surface area contributed by atoms with Gasteiger partial charge in [-0.05, 0) is 49.7 Å². The highest BCUT2D eigenvalue weighted by molar-refractivity contribution is 14.0. The van der Waals surface area contributed by atoms with Crippen LogP contribution < -0.4 is 25.6 Å². The van der Waals surface area contributed by atoms with Crippen molar-refractivity contribution >= 4 is 41.5 Å². The Hall–Kier alpha value is -2.49. The Kier molecular flexibility index (Phi) is 9.90. The van der Waals surface area contributed by atoms with Crippen LogP contribution in [-0.2, 0) is 0 Å². The molecule has 1 unspecified atom stereocenters. The molecule has 1 aliphatic rings. The molecule has 0 aliphatic carbocycles.